The van der Waals surface area contributed by atoms with Gasteiger partial charge in [0, 0.05) is 25.7 Å². The summed E-state index contributed by atoms with van der Waals surface area (Å²) in [6.07, 6.45) is 5.91. The average molecular weight is 284 g/mol. The first-order valence-electron chi connectivity index (χ1n) is 7.52. The van der Waals surface area contributed by atoms with Gasteiger partial charge in [-0.1, -0.05) is 42.5 Å². The maximum absolute atomic E-state index is 12.6. The summed E-state index contributed by atoms with van der Waals surface area (Å²) < 4.78 is 0. The van der Waals surface area contributed by atoms with Crippen molar-refractivity contribution in [2.24, 2.45) is 0 Å². The molecule has 1 aromatic carbocycles. The Bertz CT molecular complexity index is 469. The molecule has 3 heteroatoms. The highest BCUT2D eigenvalue weighted by atomic mass is 16.2. The van der Waals surface area contributed by atoms with Gasteiger partial charge in [0.1, 0.15) is 0 Å². The van der Waals surface area contributed by atoms with Crippen molar-refractivity contribution in [3.8, 4) is 0 Å². The highest BCUT2D eigenvalue weighted by Crippen LogP contribution is 2.28. The van der Waals surface area contributed by atoms with Gasteiger partial charge in [-0.3, -0.25) is 9.69 Å². The van der Waals surface area contributed by atoms with Gasteiger partial charge in [-0.15, -0.1) is 13.2 Å². The monoisotopic (exact) mass is 284 g/mol. The van der Waals surface area contributed by atoms with E-state index in [4.69, 9.17) is 0 Å². The molecule has 0 heterocycles. The molecule has 2 rings (SSSR count). The maximum Gasteiger partial charge on any atom is 0.237 e. The quantitative estimate of drug-likeness (QED) is 0.651. The second-order valence-corrected chi connectivity index (χ2v) is 5.51. The summed E-state index contributed by atoms with van der Waals surface area (Å²) in [6.45, 7) is 10.1. The fraction of sp³-hybridized carbons (Fsp3) is 0.389. The Hall–Kier alpha value is -1.87. The van der Waals surface area contributed by atoms with Gasteiger partial charge >= 0.3 is 0 Å². The molecule has 1 aromatic rings. The number of carbonyl (C=O) groups excluding carboxylic acids is 1. The smallest absolute Gasteiger partial charge is 0.237 e. The number of carbonyl (C=O) groups is 1. The maximum atomic E-state index is 12.6. The van der Waals surface area contributed by atoms with Crippen LogP contribution in [0.4, 0.5) is 0 Å². The third-order valence-electron chi connectivity index (χ3n) is 3.64. The average Bonchev–Trinajstić information content (AvgIpc) is 3.31. The van der Waals surface area contributed by atoms with Crippen LogP contribution in [0, 0.1) is 0 Å². The summed E-state index contributed by atoms with van der Waals surface area (Å²) in [5, 5.41) is 0. The Balaban J connectivity index is 1.98. The highest BCUT2D eigenvalue weighted by Gasteiger charge is 2.32. The molecule has 21 heavy (non-hydrogen) atoms. The molecule has 0 aliphatic heterocycles. The van der Waals surface area contributed by atoms with Crippen molar-refractivity contribution in [1.29, 1.82) is 0 Å². The first-order chi connectivity index (χ1) is 10.2. The van der Waals surface area contributed by atoms with E-state index >= 15 is 0 Å². The zero-order valence-corrected chi connectivity index (χ0v) is 12.6. The predicted molar refractivity (Wildman–Crippen MR) is 86.8 cm³/mol. The Labute approximate surface area is 127 Å². The topological polar surface area (TPSA) is 23.6 Å². The minimum absolute atomic E-state index is 0.199. The third kappa shape index (κ3) is 4.87. The lowest BCUT2D eigenvalue weighted by atomic mass is 10.2. The Morgan fingerprint density at radius 3 is 2.29 bits per heavy atom. The molecule has 0 unspecified atom stereocenters. The fourth-order valence-electron chi connectivity index (χ4n) is 2.44. The van der Waals surface area contributed by atoms with Crippen molar-refractivity contribution < 1.29 is 4.79 Å². The number of hydrogen-bond acceptors (Lipinski definition) is 2. The van der Waals surface area contributed by atoms with Crippen LogP contribution in [0.5, 0.6) is 0 Å². The van der Waals surface area contributed by atoms with Crippen LogP contribution < -0.4 is 0 Å². The number of rotatable bonds is 9. The van der Waals surface area contributed by atoms with E-state index < -0.39 is 0 Å². The van der Waals surface area contributed by atoms with E-state index in [-0.39, 0.29) is 5.91 Å². The lowest BCUT2D eigenvalue weighted by Gasteiger charge is -2.26. The number of amides is 1. The highest BCUT2D eigenvalue weighted by molar-refractivity contribution is 5.79. The van der Waals surface area contributed by atoms with Gasteiger partial charge in [0.2, 0.25) is 5.91 Å². The molecule has 0 aromatic heterocycles. The molecule has 0 bridgehead atoms. The molecule has 0 atom stereocenters. The van der Waals surface area contributed by atoms with Crippen LogP contribution in [0.25, 0.3) is 0 Å². The van der Waals surface area contributed by atoms with Crippen LogP contribution in [0.1, 0.15) is 18.4 Å². The number of benzene rings is 1. The van der Waals surface area contributed by atoms with Crippen molar-refractivity contribution in [2.45, 2.75) is 25.4 Å². The third-order valence-corrected chi connectivity index (χ3v) is 3.64. The van der Waals surface area contributed by atoms with Crippen LogP contribution >= 0.6 is 0 Å². The van der Waals surface area contributed by atoms with Gasteiger partial charge in [0.05, 0.1) is 6.54 Å². The zero-order chi connectivity index (χ0) is 15.1. The molecule has 0 spiro atoms. The minimum Gasteiger partial charge on any atom is -0.334 e. The molecule has 0 N–H and O–H groups in total. The van der Waals surface area contributed by atoms with E-state index in [2.05, 4.69) is 30.2 Å². The molecule has 1 amide bonds. The number of nitrogens with zero attached hydrogens (tertiary/aromatic N) is 2. The first kappa shape index (κ1) is 15.5. The molecule has 1 aliphatic carbocycles. The normalized spacial score (nSPS) is 14.0. The van der Waals surface area contributed by atoms with E-state index in [9.17, 15) is 4.79 Å². The Morgan fingerprint density at radius 1 is 1.14 bits per heavy atom. The van der Waals surface area contributed by atoms with Gasteiger partial charge in [0.15, 0.2) is 0 Å². The van der Waals surface area contributed by atoms with Gasteiger partial charge in [-0.2, -0.15) is 0 Å². The molecule has 0 radical (unpaired) electrons. The zero-order valence-electron chi connectivity index (χ0n) is 12.6. The summed E-state index contributed by atoms with van der Waals surface area (Å²) in [4.78, 5) is 16.7. The lowest BCUT2D eigenvalue weighted by Crippen LogP contribution is -2.41. The molecular formula is C18H24N2O. The Kier molecular flexibility index (Phi) is 5.76. The second kappa shape index (κ2) is 7.79. The molecule has 1 saturated carbocycles. The van der Waals surface area contributed by atoms with Crippen LogP contribution in [-0.4, -0.2) is 41.4 Å². The summed E-state index contributed by atoms with van der Waals surface area (Å²) in [7, 11) is 0. The van der Waals surface area contributed by atoms with Gasteiger partial charge in [-0.05, 0) is 18.4 Å². The predicted octanol–water partition coefficient (Wildman–Crippen LogP) is 2.85. The lowest BCUT2D eigenvalue weighted by molar-refractivity contribution is -0.133. The molecule has 1 fully saturated rings. The molecule has 0 saturated heterocycles. The standard InChI is InChI=1S/C18H24N2O/c1-3-12-19(13-4-2)15-18(21)20(17-10-11-17)14-16-8-6-5-7-9-16/h3-9,17H,1-2,10-15H2. The molecular weight excluding hydrogens is 260 g/mol. The van der Waals surface area contributed by atoms with Gasteiger partial charge in [-0.25, -0.2) is 0 Å². The Morgan fingerprint density at radius 2 is 1.76 bits per heavy atom. The number of hydrogen-bond donors (Lipinski definition) is 0. The summed E-state index contributed by atoms with van der Waals surface area (Å²) >= 11 is 0. The van der Waals surface area contributed by atoms with E-state index in [0.717, 1.165) is 12.8 Å². The van der Waals surface area contributed by atoms with Crippen LogP contribution in [0.2, 0.25) is 0 Å². The summed E-state index contributed by atoms with van der Waals surface area (Å²) in [6, 6.07) is 10.6. The van der Waals surface area contributed by atoms with Gasteiger partial charge in [0.25, 0.3) is 0 Å². The fourth-order valence-corrected chi connectivity index (χ4v) is 2.44. The van der Waals surface area contributed by atoms with E-state index in [1.807, 2.05) is 35.3 Å². The molecule has 112 valence electrons. The van der Waals surface area contributed by atoms with Crippen molar-refractivity contribution in [2.75, 3.05) is 19.6 Å². The van der Waals surface area contributed by atoms with Crippen LogP contribution in [0.3, 0.4) is 0 Å². The minimum atomic E-state index is 0.199. The van der Waals surface area contributed by atoms with E-state index in [1.54, 1.807) is 0 Å². The van der Waals surface area contributed by atoms with Crippen molar-refractivity contribution in [3.05, 3.63) is 61.2 Å². The van der Waals surface area contributed by atoms with Crippen LogP contribution in [0.15, 0.2) is 55.6 Å². The largest absolute Gasteiger partial charge is 0.334 e. The van der Waals surface area contributed by atoms with E-state index in [1.165, 1.54) is 5.56 Å². The van der Waals surface area contributed by atoms with E-state index in [0.29, 0.717) is 32.2 Å². The summed E-state index contributed by atoms with van der Waals surface area (Å²) in [5.74, 6) is 0.199. The second-order valence-electron chi connectivity index (χ2n) is 5.51. The van der Waals surface area contributed by atoms with Gasteiger partial charge < -0.3 is 4.90 Å². The summed E-state index contributed by atoms with van der Waals surface area (Å²) in [5.41, 5.74) is 1.19. The SMILES string of the molecule is C=CCN(CC=C)CC(=O)N(Cc1ccccc1)C1CC1. The van der Waals surface area contributed by atoms with Crippen molar-refractivity contribution >= 4 is 5.91 Å². The van der Waals surface area contributed by atoms with Crippen molar-refractivity contribution in [1.82, 2.24) is 9.80 Å². The van der Waals surface area contributed by atoms with Crippen molar-refractivity contribution in [3.63, 3.8) is 0 Å². The molecule has 3 nitrogen and oxygen atoms in total. The molecule has 1 aliphatic rings. The first-order valence-corrected chi connectivity index (χ1v) is 7.52. The van der Waals surface area contributed by atoms with Crippen LogP contribution in [-0.2, 0) is 11.3 Å².